The molecule has 0 aromatic carbocycles. The van der Waals surface area contributed by atoms with Crippen molar-refractivity contribution in [2.75, 3.05) is 0 Å². The van der Waals surface area contributed by atoms with Crippen LogP contribution in [0.4, 0.5) is 0 Å². The van der Waals surface area contributed by atoms with Crippen molar-refractivity contribution in [2.45, 2.75) is 48.0 Å². The van der Waals surface area contributed by atoms with Crippen molar-refractivity contribution in [2.24, 2.45) is 5.92 Å². The van der Waals surface area contributed by atoms with Gasteiger partial charge in [-0.15, -0.1) is 13.3 Å². The molecule has 0 radical (unpaired) electrons. The molecule has 96 valence electrons. The molecule has 0 nitrogen and oxygen atoms in total. The van der Waals surface area contributed by atoms with E-state index >= 15 is 0 Å². The van der Waals surface area contributed by atoms with Crippen molar-refractivity contribution in [1.82, 2.24) is 0 Å². The molecule has 2 aliphatic carbocycles. The van der Waals surface area contributed by atoms with Gasteiger partial charge in [0, 0.05) is 0 Å². The fourth-order valence-electron chi connectivity index (χ4n) is 1.50. The first-order valence-corrected chi connectivity index (χ1v) is 7.13. The molecule has 0 fully saturated rings. The van der Waals surface area contributed by atoms with Gasteiger partial charge in [-0.3, -0.25) is 12.2 Å². The Bertz CT molecular complexity index is 388. The van der Waals surface area contributed by atoms with E-state index < -0.39 is 0 Å². The standard InChI is InChI=1S/2C7H9.C3H6.Ti/c2*1-6-3-4-7(2)5-6;1-3-2;/h5H,3H2,1-2H3;3,5,7H,1-2H3;1-2H3;/q2*-1;;+2. The van der Waals surface area contributed by atoms with Gasteiger partial charge in [-0.2, -0.15) is 11.6 Å². The molecule has 1 unspecified atom stereocenters. The Morgan fingerprint density at radius 2 is 1.83 bits per heavy atom. The number of allylic oxidation sites excluding steroid dienone is 8. The number of hydrogen-bond acceptors (Lipinski definition) is 0. The average Bonchev–Trinajstić information content (AvgIpc) is 2.76. The Balaban J connectivity index is 0.000000253. The summed E-state index contributed by atoms with van der Waals surface area (Å²) in [5, 5.41) is 0. The molecule has 0 saturated heterocycles. The van der Waals surface area contributed by atoms with Gasteiger partial charge in [0.15, 0.2) is 0 Å². The monoisotopic (exact) mass is 276 g/mol. The Hall–Kier alpha value is -0.456. The third-order valence-electron chi connectivity index (χ3n) is 2.20. The van der Waals surface area contributed by atoms with Gasteiger partial charge in [-0.25, -0.2) is 23.3 Å². The summed E-state index contributed by atoms with van der Waals surface area (Å²) in [4.78, 5) is 0. The van der Waals surface area contributed by atoms with Crippen LogP contribution in [0.1, 0.15) is 48.0 Å². The first kappa shape index (κ1) is 17.5. The Labute approximate surface area is 124 Å². The zero-order valence-electron chi connectivity index (χ0n) is 12.5. The second kappa shape index (κ2) is 9.47. The molecule has 0 saturated carbocycles. The molecule has 0 aromatic rings. The summed E-state index contributed by atoms with van der Waals surface area (Å²) in [7, 11) is 0. The van der Waals surface area contributed by atoms with E-state index in [2.05, 4.69) is 85.8 Å². The first-order valence-electron chi connectivity index (χ1n) is 6.35. The Kier molecular flexibility index (Phi) is 9.23. The maximum absolute atomic E-state index is 3.19. The molecular formula is C17H24Ti. The van der Waals surface area contributed by atoms with Crippen LogP contribution in [0.5, 0.6) is 0 Å². The Morgan fingerprint density at radius 3 is 1.94 bits per heavy atom. The molecule has 1 heteroatoms. The van der Waals surface area contributed by atoms with E-state index in [0.29, 0.717) is 5.92 Å². The van der Waals surface area contributed by atoms with Gasteiger partial charge in [0.1, 0.15) is 0 Å². The molecule has 2 rings (SSSR count). The summed E-state index contributed by atoms with van der Waals surface area (Å²) in [6.45, 7) is 12.6. The van der Waals surface area contributed by atoms with Crippen LogP contribution < -0.4 is 0 Å². The predicted molar refractivity (Wildman–Crippen MR) is 77.9 cm³/mol. The summed E-state index contributed by atoms with van der Waals surface area (Å²) < 4.78 is 1.42. The Morgan fingerprint density at radius 1 is 1.28 bits per heavy atom. The van der Waals surface area contributed by atoms with Gasteiger partial charge >= 0.3 is 37.6 Å². The van der Waals surface area contributed by atoms with Gasteiger partial charge < -0.3 is 0 Å². The summed E-state index contributed by atoms with van der Waals surface area (Å²) in [6.07, 6.45) is 13.8. The van der Waals surface area contributed by atoms with Crippen LogP contribution >= 0.6 is 0 Å². The number of rotatable bonds is 0. The predicted octanol–water partition coefficient (Wildman–Crippen LogP) is 4.77. The van der Waals surface area contributed by atoms with Crippen LogP contribution in [0.15, 0.2) is 34.9 Å². The SMILES string of the molecule is CC1=CC(C)[C-]=C1.CC1=[C-]CC(C)=C1.C[C](C)=[Ti+2]. The second-order valence-electron chi connectivity index (χ2n) is 5.04. The summed E-state index contributed by atoms with van der Waals surface area (Å²) >= 11 is 2.08. The van der Waals surface area contributed by atoms with Gasteiger partial charge in [-0.1, -0.05) is 26.7 Å². The summed E-state index contributed by atoms with van der Waals surface area (Å²) in [5.74, 6) is 0.556. The zero-order valence-corrected chi connectivity index (χ0v) is 14.1. The van der Waals surface area contributed by atoms with E-state index in [4.69, 9.17) is 0 Å². The van der Waals surface area contributed by atoms with Crippen molar-refractivity contribution in [1.29, 1.82) is 0 Å². The van der Waals surface area contributed by atoms with Crippen LogP contribution in [0.2, 0.25) is 0 Å². The van der Waals surface area contributed by atoms with Crippen LogP contribution in [-0.4, -0.2) is 3.81 Å². The molecule has 0 aliphatic heterocycles. The molecular weight excluding hydrogens is 252 g/mol. The number of hydrogen-bond donors (Lipinski definition) is 0. The zero-order chi connectivity index (χ0) is 14.1. The quantitative estimate of drug-likeness (QED) is 0.441. The van der Waals surface area contributed by atoms with Crippen LogP contribution in [0.3, 0.4) is 0 Å². The molecule has 18 heavy (non-hydrogen) atoms. The van der Waals surface area contributed by atoms with Crippen molar-refractivity contribution in [3.63, 3.8) is 0 Å². The molecule has 1 atom stereocenters. The van der Waals surface area contributed by atoms with Crippen LogP contribution in [0, 0.1) is 18.1 Å². The van der Waals surface area contributed by atoms with Gasteiger partial charge in [-0.05, 0) is 0 Å². The molecule has 0 heterocycles. The van der Waals surface area contributed by atoms with Crippen molar-refractivity contribution < 1.29 is 20.0 Å². The van der Waals surface area contributed by atoms with E-state index in [-0.39, 0.29) is 0 Å². The van der Waals surface area contributed by atoms with Gasteiger partial charge in [0.25, 0.3) is 0 Å². The molecule has 2 aliphatic rings. The summed E-state index contributed by atoms with van der Waals surface area (Å²) in [5.41, 5.74) is 4.06. The van der Waals surface area contributed by atoms with E-state index in [1.54, 1.807) is 0 Å². The van der Waals surface area contributed by atoms with E-state index in [0.717, 1.165) is 6.42 Å². The van der Waals surface area contributed by atoms with Crippen LogP contribution in [0.25, 0.3) is 0 Å². The summed E-state index contributed by atoms with van der Waals surface area (Å²) in [6, 6.07) is 0. The minimum absolute atomic E-state index is 0.556. The average molecular weight is 276 g/mol. The van der Waals surface area contributed by atoms with Crippen molar-refractivity contribution >= 4 is 3.81 Å². The molecule has 0 spiro atoms. The maximum atomic E-state index is 3.19. The molecule has 0 bridgehead atoms. The van der Waals surface area contributed by atoms with E-state index in [1.165, 1.54) is 20.5 Å². The second-order valence-corrected chi connectivity index (χ2v) is 6.60. The minimum atomic E-state index is 0.556. The molecule has 0 aromatic heterocycles. The topological polar surface area (TPSA) is 0 Å². The first-order chi connectivity index (χ1) is 8.31. The van der Waals surface area contributed by atoms with Gasteiger partial charge in [0.2, 0.25) is 0 Å². The third-order valence-corrected chi connectivity index (χ3v) is 2.20. The normalized spacial score (nSPS) is 20.0. The van der Waals surface area contributed by atoms with Crippen molar-refractivity contribution in [3.05, 3.63) is 47.1 Å². The van der Waals surface area contributed by atoms with E-state index in [9.17, 15) is 0 Å². The molecule has 0 N–H and O–H groups in total. The fourth-order valence-corrected chi connectivity index (χ4v) is 1.50. The van der Waals surface area contributed by atoms with E-state index in [1.807, 2.05) is 6.08 Å². The molecule has 0 amide bonds. The third kappa shape index (κ3) is 10.7. The van der Waals surface area contributed by atoms with Crippen LogP contribution in [-0.2, 0) is 20.0 Å². The fraction of sp³-hybridized carbons (Fsp3) is 0.471. The van der Waals surface area contributed by atoms with Gasteiger partial charge in [0.05, 0.1) is 0 Å². The van der Waals surface area contributed by atoms with Crippen molar-refractivity contribution in [3.8, 4) is 0 Å².